The topological polar surface area (TPSA) is 111 Å². The number of amides is 2. The quantitative estimate of drug-likeness (QED) is 0.496. The molecule has 2 aliphatic heterocycles. The predicted molar refractivity (Wildman–Crippen MR) is 135 cm³/mol. The number of halogens is 4. The molecule has 2 fully saturated rings. The van der Waals surface area contributed by atoms with E-state index in [4.69, 9.17) is 5.26 Å². The van der Waals surface area contributed by atoms with Crippen molar-refractivity contribution in [2.24, 2.45) is 11.8 Å². The highest BCUT2D eigenvalue weighted by molar-refractivity contribution is 7.89. The fourth-order valence-corrected chi connectivity index (χ4v) is 6.49. The zero-order valence-electron chi connectivity index (χ0n) is 21.8. The lowest BCUT2D eigenvalue weighted by Gasteiger charge is -2.34. The lowest BCUT2D eigenvalue weighted by Crippen LogP contribution is -2.49. The highest BCUT2D eigenvalue weighted by atomic mass is 32.2. The Balaban J connectivity index is 1.52. The molecule has 2 aromatic rings. The second-order valence-corrected chi connectivity index (χ2v) is 12.2. The van der Waals surface area contributed by atoms with Gasteiger partial charge in [0, 0.05) is 30.8 Å². The van der Waals surface area contributed by atoms with E-state index in [0.29, 0.717) is 18.9 Å². The molecule has 0 aliphatic carbocycles. The van der Waals surface area contributed by atoms with E-state index in [1.807, 2.05) is 6.07 Å². The van der Waals surface area contributed by atoms with Gasteiger partial charge in [-0.3, -0.25) is 9.59 Å². The summed E-state index contributed by atoms with van der Waals surface area (Å²) in [7, 11) is -3.90. The van der Waals surface area contributed by atoms with Gasteiger partial charge in [0.2, 0.25) is 15.9 Å². The molecule has 0 radical (unpaired) electrons. The maximum Gasteiger partial charge on any atom is 0.416 e. The van der Waals surface area contributed by atoms with Crippen LogP contribution in [0, 0.1) is 29.0 Å². The molecule has 13 heteroatoms. The van der Waals surface area contributed by atoms with Crippen LogP contribution in [0.1, 0.15) is 54.2 Å². The number of nitrogens with zero attached hydrogens (tertiary/aromatic N) is 3. The number of hydrogen-bond acceptors (Lipinski definition) is 5. The van der Waals surface area contributed by atoms with Gasteiger partial charge < -0.3 is 10.2 Å². The van der Waals surface area contributed by atoms with Crippen molar-refractivity contribution < 1.29 is 35.6 Å². The van der Waals surface area contributed by atoms with Crippen molar-refractivity contribution in [3.8, 4) is 6.07 Å². The Morgan fingerprint density at radius 3 is 2.42 bits per heavy atom. The summed E-state index contributed by atoms with van der Waals surface area (Å²) in [5.74, 6) is -3.01. The molecule has 2 heterocycles. The van der Waals surface area contributed by atoms with Crippen LogP contribution >= 0.6 is 0 Å². The van der Waals surface area contributed by atoms with E-state index >= 15 is 0 Å². The van der Waals surface area contributed by atoms with Gasteiger partial charge in [0.25, 0.3) is 5.91 Å². The molecule has 1 N–H and O–H groups in total. The van der Waals surface area contributed by atoms with E-state index in [1.165, 1.54) is 29.2 Å². The molecule has 0 aromatic heterocycles. The molecule has 40 heavy (non-hydrogen) atoms. The van der Waals surface area contributed by atoms with Gasteiger partial charge in [-0.25, -0.2) is 12.8 Å². The first kappa shape index (κ1) is 29.5. The molecule has 4 rings (SSSR count). The molecule has 2 atom stereocenters. The van der Waals surface area contributed by atoms with Gasteiger partial charge in [-0.15, -0.1) is 0 Å². The van der Waals surface area contributed by atoms with Crippen molar-refractivity contribution in [1.29, 1.82) is 5.26 Å². The number of hydrogen-bond donors (Lipinski definition) is 1. The standard InChI is InChI=1S/C27H28F4N4O4S/c1-16(2)24(21-9-8-19(12-22(21)28)27(29,30)31)33-25(36)23-7-4-10-35(23)26(37)18-5-3-6-20(11-18)40(38,39)34-14-17(13-32)15-34/h3,5-6,8-9,11-12,16-17,23-24H,4,7,10,14-15H2,1-2H3,(H,33,36)/t23-,24+/m1/s1. The van der Waals surface area contributed by atoms with Crippen molar-refractivity contribution in [3.05, 3.63) is 65.0 Å². The first-order chi connectivity index (χ1) is 18.7. The average Bonchev–Trinajstić information content (AvgIpc) is 3.36. The number of carbonyl (C=O) groups excluding carboxylic acids is 2. The number of nitrogens with one attached hydrogen (secondary N) is 1. The van der Waals surface area contributed by atoms with Gasteiger partial charge in [-0.1, -0.05) is 26.0 Å². The second-order valence-electron chi connectivity index (χ2n) is 10.3. The van der Waals surface area contributed by atoms with Gasteiger partial charge in [0.05, 0.1) is 28.5 Å². The molecule has 0 spiro atoms. The Hall–Kier alpha value is -3.50. The first-order valence-corrected chi connectivity index (χ1v) is 14.2. The third-order valence-electron chi connectivity index (χ3n) is 7.19. The number of likely N-dealkylation sites (tertiary alicyclic amines) is 1. The third-order valence-corrected chi connectivity index (χ3v) is 9.02. The zero-order valence-corrected chi connectivity index (χ0v) is 22.6. The second kappa shape index (κ2) is 11.2. The predicted octanol–water partition coefficient (Wildman–Crippen LogP) is 4.11. The summed E-state index contributed by atoms with van der Waals surface area (Å²) in [6.45, 7) is 3.74. The highest BCUT2D eigenvalue weighted by Gasteiger charge is 2.39. The minimum absolute atomic E-state index is 0.0623. The van der Waals surface area contributed by atoms with Gasteiger partial charge >= 0.3 is 6.18 Å². The van der Waals surface area contributed by atoms with Crippen LogP contribution < -0.4 is 5.32 Å². The third kappa shape index (κ3) is 5.83. The molecular formula is C27H28F4N4O4S. The highest BCUT2D eigenvalue weighted by Crippen LogP contribution is 2.33. The maximum atomic E-state index is 14.7. The number of sulfonamides is 1. The number of alkyl halides is 3. The summed E-state index contributed by atoms with van der Waals surface area (Å²) < 4.78 is 80.7. The van der Waals surface area contributed by atoms with E-state index < -0.39 is 51.5 Å². The Bertz CT molecular complexity index is 1450. The van der Waals surface area contributed by atoms with Crippen LogP contribution in [0.5, 0.6) is 0 Å². The molecule has 214 valence electrons. The van der Waals surface area contributed by atoms with Crippen LogP contribution in [0.15, 0.2) is 47.4 Å². The molecule has 2 aromatic carbocycles. The minimum atomic E-state index is -4.72. The summed E-state index contributed by atoms with van der Waals surface area (Å²) in [6, 6.07) is 7.74. The Labute approximate surface area is 229 Å². The Kier molecular flexibility index (Phi) is 8.23. The number of nitriles is 1. The van der Waals surface area contributed by atoms with Crippen LogP contribution in [-0.2, 0) is 21.0 Å². The van der Waals surface area contributed by atoms with Crippen LogP contribution in [0.3, 0.4) is 0 Å². The monoisotopic (exact) mass is 580 g/mol. The molecule has 0 saturated carbocycles. The van der Waals surface area contributed by atoms with Gasteiger partial charge in [-0.05, 0) is 49.1 Å². The van der Waals surface area contributed by atoms with Crippen molar-refractivity contribution in [1.82, 2.24) is 14.5 Å². The van der Waals surface area contributed by atoms with E-state index in [-0.39, 0.29) is 47.5 Å². The lowest BCUT2D eigenvalue weighted by atomic mass is 9.94. The van der Waals surface area contributed by atoms with Crippen molar-refractivity contribution in [3.63, 3.8) is 0 Å². The summed E-state index contributed by atoms with van der Waals surface area (Å²) in [6.07, 6.45) is -3.92. The number of carbonyl (C=O) groups is 2. The number of benzene rings is 2. The molecule has 2 saturated heterocycles. The van der Waals surface area contributed by atoms with Gasteiger partial charge in [0.15, 0.2) is 0 Å². The smallest absolute Gasteiger partial charge is 0.347 e. The molecule has 0 bridgehead atoms. The van der Waals surface area contributed by atoms with Crippen molar-refractivity contribution >= 4 is 21.8 Å². The van der Waals surface area contributed by atoms with Crippen LogP contribution in [0.2, 0.25) is 0 Å². The molecule has 0 unspecified atom stereocenters. The number of rotatable bonds is 7. The molecular weight excluding hydrogens is 552 g/mol. The summed E-state index contributed by atoms with van der Waals surface area (Å²) in [5.41, 5.74) is -1.18. The summed E-state index contributed by atoms with van der Waals surface area (Å²) >= 11 is 0. The van der Waals surface area contributed by atoms with Crippen LogP contribution in [-0.4, -0.2) is 55.1 Å². The van der Waals surface area contributed by atoms with E-state index in [1.54, 1.807) is 13.8 Å². The van der Waals surface area contributed by atoms with E-state index in [2.05, 4.69) is 5.32 Å². The molecule has 8 nitrogen and oxygen atoms in total. The van der Waals surface area contributed by atoms with Crippen molar-refractivity contribution in [2.75, 3.05) is 19.6 Å². The minimum Gasteiger partial charge on any atom is -0.347 e. The molecule has 2 aliphatic rings. The van der Waals surface area contributed by atoms with Gasteiger partial charge in [0.1, 0.15) is 11.9 Å². The summed E-state index contributed by atoms with van der Waals surface area (Å²) in [4.78, 5) is 27.9. The fraction of sp³-hybridized carbons (Fsp3) is 0.444. The van der Waals surface area contributed by atoms with Crippen LogP contribution in [0.25, 0.3) is 0 Å². The first-order valence-electron chi connectivity index (χ1n) is 12.7. The average molecular weight is 581 g/mol. The Morgan fingerprint density at radius 1 is 1.12 bits per heavy atom. The van der Waals surface area contributed by atoms with E-state index in [9.17, 15) is 35.6 Å². The Morgan fingerprint density at radius 2 is 1.82 bits per heavy atom. The van der Waals surface area contributed by atoms with Crippen LogP contribution in [0.4, 0.5) is 17.6 Å². The van der Waals surface area contributed by atoms with Crippen molar-refractivity contribution in [2.45, 2.75) is 49.8 Å². The van der Waals surface area contributed by atoms with E-state index in [0.717, 1.165) is 16.4 Å². The molecule has 2 amide bonds. The fourth-order valence-electron chi connectivity index (χ4n) is 4.91. The maximum absolute atomic E-state index is 14.7. The SMILES string of the molecule is CC(C)[C@H](NC(=O)[C@H]1CCCN1C(=O)c1cccc(S(=O)(=O)N2CC(C#N)C2)c1)c1ccc(C(F)(F)F)cc1F. The summed E-state index contributed by atoms with van der Waals surface area (Å²) in [5, 5.41) is 11.6. The normalized spacial score (nSPS) is 19.2. The zero-order chi connectivity index (χ0) is 29.4. The lowest BCUT2D eigenvalue weighted by molar-refractivity contribution is -0.137. The van der Waals surface area contributed by atoms with Gasteiger partial charge in [-0.2, -0.15) is 22.7 Å². The largest absolute Gasteiger partial charge is 0.416 e.